The van der Waals surface area contributed by atoms with E-state index >= 15 is 0 Å². The van der Waals surface area contributed by atoms with Gasteiger partial charge in [-0.15, -0.1) is 0 Å². The van der Waals surface area contributed by atoms with Crippen molar-refractivity contribution in [2.24, 2.45) is 0 Å². The number of nitrogens with one attached hydrogen (secondary N) is 2. The summed E-state index contributed by atoms with van der Waals surface area (Å²) in [7, 11) is 0. The molecule has 1 aromatic carbocycles. The van der Waals surface area contributed by atoms with Crippen LogP contribution in [0.3, 0.4) is 0 Å². The van der Waals surface area contributed by atoms with Gasteiger partial charge in [-0.1, -0.05) is 36.4 Å². The van der Waals surface area contributed by atoms with E-state index in [2.05, 4.69) is 27.8 Å². The topological polar surface area (TPSA) is 54.0 Å². The molecule has 4 nitrogen and oxygen atoms in total. The van der Waals surface area contributed by atoms with E-state index < -0.39 is 0 Å². The molecule has 3 rings (SSSR count). The van der Waals surface area contributed by atoms with Crippen LogP contribution in [0.5, 0.6) is 0 Å². The van der Waals surface area contributed by atoms with Gasteiger partial charge in [-0.3, -0.25) is 5.32 Å². The summed E-state index contributed by atoms with van der Waals surface area (Å²) in [6.45, 7) is 0.662. The molecule has 0 unspecified atom stereocenters. The van der Waals surface area contributed by atoms with Crippen molar-refractivity contribution in [1.29, 1.82) is 0 Å². The summed E-state index contributed by atoms with van der Waals surface area (Å²) >= 11 is 0. The van der Waals surface area contributed by atoms with Crippen LogP contribution in [0, 0.1) is 0 Å². The lowest BCUT2D eigenvalue weighted by molar-refractivity contribution is 0.251. The van der Waals surface area contributed by atoms with Crippen LogP contribution in [0.15, 0.2) is 54.7 Å². The number of urea groups is 1. The monoisotopic (exact) mass is 267 g/mol. The summed E-state index contributed by atoms with van der Waals surface area (Å²) in [6.07, 6.45) is 3.91. The zero-order valence-electron chi connectivity index (χ0n) is 11.2. The third-order valence-corrected chi connectivity index (χ3v) is 3.73. The minimum absolute atomic E-state index is 0.128. The minimum atomic E-state index is -0.203. The molecule has 1 heterocycles. The van der Waals surface area contributed by atoms with E-state index in [0.717, 1.165) is 12.8 Å². The summed E-state index contributed by atoms with van der Waals surface area (Å²) in [5, 5.41) is 5.67. The third-order valence-electron chi connectivity index (χ3n) is 3.73. The number of aromatic nitrogens is 1. The molecule has 0 aliphatic heterocycles. The van der Waals surface area contributed by atoms with Crippen molar-refractivity contribution in [3.8, 4) is 0 Å². The van der Waals surface area contributed by atoms with E-state index in [-0.39, 0.29) is 11.4 Å². The fourth-order valence-electron chi connectivity index (χ4n) is 2.36. The molecule has 4 heteroatoms. The Morgan fingerprint density at radius 2 is 1.85 bits per heavy atom. The smallest absolute Gasteiger partial charge is 0.320 e. The third kappa shape index (κ3) is 2.79. The maximum absolute atomic E-state index is 11.9. The van der Waals surface area contributed by atoms with Gasteiger partial charge in [0.15, 0.2) is 0 Å². The van der Waals surface area contributed by atoms with E-state index in [4.69, 9.17) is 0 Å². The van der Waals surface area contributed by atoms with Gasteiger partial charge in [0.1, 0.15) is 5.82 Å². The van der Waals surface area contributed by atoms with Gasteiger partial charge in [0.05, 0.1) is 0 Å². The second kappa shape index (κ2) is 5.33. The maximum Gasteiger partial charge on any atom is 0.320 e. The van der Waals surface area contributed by atoms with Gasteiger partial charge in [0, 0.05) is 18.2 Å². The fraction of sp³-hybridized carbons (Fsp3) is 0.250. The molecule has 0 radical (unpaired) electrons. The first-order valence-corrected chi connectivity index (χ1v) is 6.80. The van der Waals surface area contributed by atoms with E-state index in [0.29, 0.717) is 12.4 Å². The molecule has 1 saturated carbocycles. The first kappa shape index (κ1) is 12.7. The molecule has 0 atom stereocenters. The molecule has 1 fully saturated rings. The summed E-state index contributed by atoms with van der Waals surface area (Å²) in [4.78, 5) is 15.9. The lowest BCUT2D eigenvalue weighted by atomic mass is 9.96. The molecule has 1 aromatic heterocycles. The molecule has 20 heavy (non-hydrogen) atoms. The van der Waals surface area contributed by atoms with E-state index in [1.54, 1.807) is 12.3 Å². The van der Waals surface area contributed by atoms with E-state index in [1.165, 1.54) is 5.56 Å². The number of rotatable bonds is 4. The number of hydrogen-bond acceptors (Lipinski definition) is 2. The highest BCUT2D eigenvalue weighted by atomic mass is 16.2. The first-order valence-electron chi connectivity index (χ1n) is 6.80. The Labute approximate surface area is 118 Å². The van der Waals surface area contributed by atoms with Gasteiger partial charge in [0.25, 0.3) is 0 Å². The lowest BCUT2D eigenvalue weighted by Crippen LogP contribution is -2.35. The Morgan fingerprint density at radius 3 is 2.50 bits per heavy atom. The zero-order valence-corrected chi connectivity index (χ0v) is 11.2. The molecular weight excluding hydrogens is 250 g/mol. The second-order valence-electron chi connectivity index (χ2n) is 5.17. The van der Waals surface area contributed by atoms with Crippen molar-refractivity contribution in [3.63, 3.8) is 0 Å². The molecule has 0 saturated heterocycles. The maximum atomic E-state index is 11.9. The first-order chi connectivity index (χ1) is 9.78. The van der Waals surface area contributed by atoms with Crippen molar-refractivity contribution in [2.45, 2.75) is 18.3 Å². The SMILES string of the molecule is O=C(NCC1(c2ccccc2)CC1)Nc1ccccn1. The summed E-state index contributed by atoms with van der Waals surface area (Å²) in [5.41, 5.74) is 1.43. The van der Waals surface area contributed by atoms with Crippen LogP contribution < -0.4 is 10.6 Å². The van der Waals surface area contributed by atoms with Crippen molar-refractivity contribution in [1.82, 2.24) is 10.3 Å². The Kier molecular flexibility index (Phi) is 3.37. The molecule has 0 bridgehead atoms. The number of carbonyl (C=O) groups is 1. The molecule has 1 aliphatic rings. The Morgan fingerprint density at radius 1 is 1.10 bits per heavy atom. The Balaban J connectivity index is 1.56. The Bertz CT molecular complexity index is 579. The zero-order chi connectivity index (χ0) is 13.8. The van der Waals surface area contributed by atoms with E-state index in [9.17, 15) is 4.79 Å². The summed E-state index contributed by atoms with van der Waals surface area (Å²) in [5.74, 6) is 0.564. The van der Waals surface area contributed by atoms with Gasteiger partial charge < -0.3 is 5.32 Å². The van der Waals surface area contributed by atoms with Crippen molar-refractivity contribution in [2.75, 3.05) is 11.9 Å². The number of carbonyl (C=O) groups excluding carboxylic acids is 1. The molecule has 2 amide bonds. The predicted molar refractivity (Wildman–Crippen MR) is 78.6 cm³/mol. The van der Waals surface area contributed by atoms with Crippen LogP contribution in [-0.4, -0.2) is 17.6 Å². The van der Waals surface area contributed by atoms with Crippen LogP contribution >= 0.6 is 0 Å². The molecule has 0 spiro atoms. The number of amides is 2. The van der Waals surface area contributed by atoms with Crippen molar-refractivity contribution >= 4 is 11.8 Å². The minimum Gasteiger partial charge on any atom is -0.337 e. The molecule has 102 valence electrons. The second-order valence-corrected chi connectivity index (χ2v) is 5.17. The van der Waals surface area contributed by atoms with Crippen LogP contribution in [0.4, 0.5) is 10.6 Å². The average molecular weight is 267 g/mol. The average Bonchev–Trinajstić information content (AvgIpc) is 3.28. The summed E-state index contributed by atoms with van der Waals surface area (Å²) < 4.78 is 0. The highest BCUT2D eigenvalue weighted by Gasteiger charge is 2.44. The van der Waals surface area contributed by atoms with Crippen LogP contribution in [0.25, 0.3) is 0 Å². The molecule has 2 N–H and O–H groups in total. The number of nitrogens with zero attached hydrogens (tertiary/aromatic N) is 1. The Hall–Kier alpha value is -2.36. The van der Waals surface area contributed by atoms with Gasteiger partial charge >= 0.3 is 6.03 Å². The van der Waals surface area contributed by atoms with Crippen molar-refractivity contribution in [3.05, 3.63) is 60.3 Å². The predicted octanol–water partition coefficient (Wildman–Crippen LogP) is 2.93. The van der Waals surface area contributed by atoms with Crippen LogP contribution in [-0.2, 0) is 5.41 Å². The molecule has 2 aromatic rings. The highest BCUT2D eigenvalue weighted by molar-refractivity contribution is 5.88. The highest BCUT2D eigenvalue weighted by Crippen LogP contribution is 2.47. The lowest BCUT2D eigenvalue weighted by Gasteiger charge is -2.16. The largest absolute Gasteiger partial charge is 0.337 e. The standard InChI is InChI=1S/C16H17N3O/c20-15(19-14-8-4-5-11-17-14)18-12-16(9-10-16)13-6-2-1-3-7-13/h1-8,11H,9-10,12H2,(H2,17,18,19,20). The van der Waals surface area contributed by atoms with Gasteiger partial charge in [0.2, 0.25) is 0 Å². The van der Waals surface area contributed by atoms with Crippen LogP contribution in [0.1, 0.15) is 18.4 Å². The quantitative estimate of drug-likeness (QED) is 0.895. The summed E-state index contributed by atoms with van der Waals surface area (Å²) in [6, 6.07) is 15.6. The van der Waals surface area contributed by atoms with Gasteiger partial charge in [-0.05, 0) is 30.5 Å². The number of hydrogen-bond donors (Lipinski definition) is 2. The number of anilines is 1. The molecular formula is C16H17N3O. The van der Waals surface area contributed by atoms with Gasteiger partial charge in [-0.2, -0.15) is 0 Å². The van der Waals surface area contributed by atoms with Crippen molar-refractivity contribution < 1.29 is 4.79 Å². The fourth-order valence-corrected chi connectivity index (χ4v) is 2.36. The number of benzene rings is 1. The number of pyridine rings is 1. The normalized spacial score (nSPS) is 15.4. The van der Waals surface area contributed by atoms with E-state index in [1.807, 2.05) is 30.3 Å². The van der Waals surface area contributed by atoms with Crippen LogP contribution in [0.2, 0.25) is 0 Å². The molecule has 1 aliphatic carbocycles. The van der Waals surface area contributed by atoms with Gasteiger partial charge in [-0.25, -0.2) is 9.78 Å².